The summed E-state index contributed by atoms with van der Waals surface area (Å²) in [5, 5.41) is 4.43. The number of hydrogen-bond donors (Lipinski definition) is 0. The van der Waals surface area contributed by atoms with Gasteiger partial charge in [-0.25, -0.2) is 0 Å². The van der Waals surface area contributed by atoms with Crippen molar-refractivity contribution in [1.29, 1.82) is 0 Å². The Balaban J connectivity index is 2.63. The van der Waals surface area contributed by atoms with Gasteiger partial charge in [0, 0.05) is 24.1 Å². The van der Waals surface area contributed by atoms with E-state index in [4.69, 9.17) is 4.74 Å². The Morgan fingerprint density at radius 2 is 2.38 bits per heavy atom. The first kappa shape index (κ1) is 10.9. The van der Waals surface area contributed by atoms with Crippen molar-refractivity contribution in [3.05, 3.63) is 36.2 Å². The predicted octanol–water partition coefficient (Wildman–Crippen LogP) is 3.12. The summed E-state index contributed by atoms with van der Waals surface area (Å²) in [6.45, 7) is 0.492. The highest BCUT2D eigenvalue weighted by Crippen LogP contribution is 2.25. The molecule has 1 aromatic heterocycles. The number of nitrogens with zero attached hydrogens (tertiary/aromatic N) is 2. The molecule has 1 heterocycles. The third kappa shape index (κ3) is 2.14. The molecule has 0 N–H and O–H groups in total. The number of methoxy groups -OCH3 is 1. The van der Waals surface area contributed by atoms with Crippen molar-refractivity contribution in [1.82, 2.24) is 4.98 Å². The van der Waals surface area contributed by atoms with Crippen molar-refractivity contribution in [3.8, 4) is 0 Å². The van der Waals surface area contributed by atoms with E-state index in [1.54, 1.807) is 7.11 Å². The molecule has 0 spiro atoms. The molecule has 0 aliphatic heterocycles. The first-order valence-corrected chi connectivity index (χ1v) is 5.20. The standard InChI is InChI=1S/C12H10N2OS/c1-15-7-10-5-11-9(6-13-10)3-2-4-12(11)14-8-16/h2-6H,7H2,1H3. The maximum absolute atomic E-state index is 5.05. The summed E-state index contributed by atoms with van der Waals surface area (Å²) in [6, 6.07) is 7.77. The van der Waals surface area contributed by atoms with E-state index in [9.17, 15) is 0 Å². The number of benzene rings is 1. The van der Waals surface area contributed by atoms with Crippen LogP contribution in [0.15, 0.2) is 35.5 Å². The van der Waals surface area contributed by atoms with E-state index in [-0.39, 0.29) is 0 Å². The molecule has 2 rings (SSSR count). The summed E-state index contributed by atoms with van der Waals surface area (Å²) in [5.41, 5.74) is 1.69. The minimum atomic E-state index is 0.492. The van der Waals surface area contributed by atoms with Crippen LogP contribution in [0.5, 0.6) is 0 Å². The van der Waals surface area contributed by atoms with Crippen molar-refractivity contribution < 1.29 is 4.74 Å². The van der Waals surface area contributed by atoms with Crippen molar-refractivity contribution in [2.75, 3.05) is 7.11 Å². The third-order valence-corrected chi connectivity index (χ3v) is 2.35. The monoisotopic (exact) mass is 230 g/mol. The van der Waals surface area contributed by atoms with Gasteiger partial charge in [0.1, 0.15) is 0 Å². The largest absolute Gasteiger partial charge is 0.378 e. The zero-order valence-corrected chi connectivity index (χ0v) is 9.62. The SMILES string of the molecule is COCc1cc2c(N=C=S)cccc2cn1. The van der Waals surface area contributed by atoms with Crippen LogP contribution in [-0.2, 0) is 11.3 Å². The number of ether oxygens (including phenoxy) is 1. The summed E-state index contributed by atoms with van der Waals surface area (Å²) in [4.78, 5) is 8.32. The zero-order chi connectivity index (χ0) is 11.4. The van der Waals surface area contributed by atoms with Gasteiger partial charge in [0.25, 0.3) is 0 Å². The Morgan fingerprint density at radius 1 is 1.50 bits per heavy atom. The fraction of sp³-hybridized carbons (Fsp3) is 0.167. The van der Waals surface area contributed by atoms with E-state index in [1.165, 1.54) is 0 Å². The lowest BCUT2D eigenvalue weighted by atomic mass is 10.1. The molecule has 0 radical (unpaired) electrons. The summed E-state index contributed by atoms with van der Waals surface area (Å²) < 4.78 is 5.05. The Bertz CT molecular complexity index is 562. The Kier molecular flexibility index (Phi) is 3.37. The van der Waals surface area contributed by atoms with Crippen LogP contribution < -0.4 is 0 Å². The van der Waals surface area contributed by atoms with E-state index in [1.807, 2.05) is 30.5 Å². The number of isothiocyanates is 1. The normalized spacial score (nSPS) is 10.1. The number of fused-ring (bicyclic) bond motifs is 1. The van der Waals surface area contributed by atoms with Crippen LogP contribution in [0.4, 0.5) is 5.69 Å². The van der Waals surface area contributed by atoms with Crippen LogP contribution in [0, 0.1) is 0 Å². The second-order valence-electron chi connectivity index (χ2n) is 3.31. The van der Waals surface area contributed by atoms with Crippen LogP contribution in [-0.4, -0.2) is 17.3 Å². The van der Waals surface area contributed by atoms with Gasteiger partial charge in [-0.2, -0.15) is 4.99 Å². The van der Waals surface area contributed by atoms with Crippen LogP contribution in [0.1, 0.15) is 5.69 Å². The molecular formula is C12H10N2OS. The lowest BCUT2D eigenvalue weighted by molar-refractivity contribution is 0.181. The lowest BCUT2D eigenvalue weighted by Crippen LogP contribution is -1.91. The van der Waals surface area contributed by atoms with Gasteiger partial charge < -0.3 is 4.74 Å². The van der Waals surface area contributed by atoms with Crippen LogP contribution in [0.2, 0.25) is 0 Å². The molecule has 0 bridgehead atoms. The predicted molar refractivity (Wildman–Crippen MR) is 67.1 cm³/mol. The van der Waals surface area contributed by atoms with Crippen molar-refractivity contribution in [2.24, 2.45) is 4.99 Å². The highest BCUT2D eigenvalue weighted by atomic mass is 32.1. The number of aromatic nitrogens is 1. The second-order valence-corrected chi connectivity index (χ2v) is 3.49. The highest BCUT2D eigenvalue weighted by Gasteiger charge is 2.02. The summed E-state index contributed by atoms with van der Waals surface area (Å²) in [6.07, 6.45) is 1.81. The Hall–Kier alpha value is -1.61. The van der Waals surface area contributed by atoms with Gasteiger partial charge >= 0.3 is 0 Å². The van der Waals surface area contributed by atoms with Crippen LogP contribution in [0.25, 0.3) is 10.8 Å². The van der Waals surface area contributed by atoms with Crippen LogP contribution >= 0.6 is 12.2 Å². The van der Waals surface area contributed by atoms with Gasteiger partial charge in [-0.3, -0.25) is 4.98 Å². The van der Waals surface area contributed by atoms with Crippen LogP contribution in [0.3, 0.4) is 0 Å². The molecule has 0 saturated carbocycles. The van der Waals surface area contributed by atoms with Crippen molar-refractivity contribution in [3.63, 3.8) is 0 Å². The number of aliphatic imine (C=N–C) groups is 1. The highest BCUT2D eigenvalue weighted by molar-refractivity contribution is 7.78. The Labute approximate surface area is 98.8 Å². The summed E-state index contributed by atoms with van der Waals surface area (Å²) in [7, 11) is 1.65. The van der Waals surface area contributed by atoms with E-state index >= 15 is 0 Å². The molecule has 0 atom stereocenters. The quantitative estimate of drug-likeness (QED) is 0.600. The molecule has 3 nitrogen and oxygen atoms in total. The summed E-state index contributed by atoms with van der Waals surface area (Å²) >= 11 is 4.62. The van der Waals surface area contributed by atoms with E-state index in [0.29, 0.717) is 6.61 Å². The van der Waals surface area contributed by atoms with Gasteiger partial charge in [-0.05, 0) is 24.4 Å². The smallest absolute Gasteiger partial charge is 0.0884 e. The van der Waals surface area contributed by atoms with Gasteiger partial charge in [-0.15, -0.1) is 0 Å². The van der Waals surface area contributed by atoms with Gasteiger partial charge in [0.2, 0.25) is 0 Å². The summed E-state index contributed by atoms with van der Waals surface area (Å²) in [5.74, 6) is 0. The van der Waals surface area contributed by atoms with E-state index in [2.05, 4.69) is 27.4 Å². The van der Waals surface area contributed by atoms with E-state index in [0.717, 1.165) is 22.2 Å². The molecule has 0 aliphatic rings. The third-order valence-electron chi connectivity index (χ3n) is 2.26. The number of rotatable bonds is 3. The fourth-order valence-electron chi connectivity index (χ4n) is 1.57. The molecule has 0 aliphatic carbocycles. The molecule has 16 heavy (non-hydrogen) atoms. The number of thiocarbonyl (C=S) groups is 1. The van der Waals surface area contributed by atoms with Gasteiger partial charge in [0.05, 0.1) is 23.1 Å². The molecule has 0 unspecified atom stereocenters. The molecule has 4 heteroatoms. The first-order chi connectivity index (χ1) is 7.85. The minimum absolute atomic E-state index is 0.492. The number of hydrogen-bond acceptors (Lipinski definition) is 4. The first-order valence-electron chi connectivity index (χ1n) is 4.79. The van der Waals surface area contributed by atoms with Crippen molar-refractivity contribution in [2.45, 2.75) is 6.61 Å². The van der Waals surface area contributed by atoms with Crippen molar-refractivity contribution >= 4 is 33.8 Å². The average molecular weight is 230 g/mol. The maximum atomic E-state index is 5.05. The average Bonchev–Trinajstić information content (AvgIpc) is 2.31. The molecule has 0 amide bonds. The molecule has 0 saturated heterocycles. The molecular weight excluding hydrogens is 220 g/mol. The maximum Gasteiger partial charge on any atom is 0.0884 e. The molecule has 0 fully saturated rings. The molecule has 2 aromatic rings. The van der Waals surface area contributed by atoms with Gasteiger partial charge in [-0.1, -0.05) is 12.1 Å². The number of pyridine rings is 1. The van der Waals surface area contributed by atoms with Gasteiger partial charge in [0.15, 0.2) is 0 Å². The lowest BCUT2D eigenvalue weighted by Gasteiger charge is -2.03. The minimum Gasteiger partial charge on any atom is -0.378 e. The Morgan fingerprint density at radius 3 is 3.12 bits per heavy atom. The molecule has 1 aromatic carbocycles. The fourth-order valence-corrected chi connectivity index (χ4v) is 1.67. The second kappa shape index (κ2) is 4.94. The topological polar surface area (TPSA) is 34.5 Å². The molecule has 80 valence electrons. The van der Waals surface area contributed by atoms with E-state index < -0.39 is 0 Å². The zero-order valence-electron chi connectivity index (χ0n) is 8.80.